The summed E-state index contributed by atoms with van der Waals surface area (Å²) in [5, 5.41) is 8.38. The highest BCUT2D eigenvalue weighted by molar-refractivity contribution is 5.91. The fourth-order valence-corrected chi connectivity index (χ4v) is 2.60. The Morgan fingerprint density at radius 2 is 1.43 bits per heavy atom. The summed E-state index contributed by atoms with van der Waals surface area (Å²) in [4.78, 5) is 22.1. The zero-order valence-electron chi connectivity index (χ0n) is 17.9. The van der Waals surface area contributed by atoms with Gasteiger partial charge in [0.15, 0.2) is 0 Å². The molecule has 162 valence electrons. The predicted molar refractivity (Wildman–Crippen MR) is 119 cm³/mol. The molecule has 0 spiro atoms. The van der Waals surface area contributed by atoms with Gasteiger partial charge in [0.2, 0.25) is 5.76 Å². The standard InChI is InChI=1S/C18H26O3.C7H6O2/c1-3-4-5-6-7-11-14-21-18(19)17(20-2)15-16-12-9-8-10-13-16;8-7(9)6-4-2-1-3-5-6/h8-10,12-13,15H,3-7,11,14H2,1-2H3;1-5H,(H,8,9). The molecule has 0 bridgehead atoms. The van der Waals surface area contributed by atoms with E-state index in [9.17, 15) is 9.59 Å². The van der Waals surface area contributed by atoms with Crippen molar-refractivity contribution in [2.75, 3.05) is 13.7 Å². The Hall–Kier alpha value is -3.08. The van der Waals surface area contributed by atoms with Crippen molar-refractivity contribution >= 4 is 18.0 Å². The highest BCUT2D eigenvalue weighted by Crippen LogP contribution is 2.10. The van der Waals surface area contributed by atoms with E-state index < -0.39 is 11.9 Å². The molecule has 0 saturated heterocycles. The number of carbonyl (C=O) groups is 2. The van der Waals surface area contributed by atoms with Crippen molar-refractivity contribution in [3.05, 3.63) is 77.5 Å². The summed E-state index contributed by atoms with van der Waals surface area (Å²) in [6.07, 6.45) is 8.73. The van der Waals surface area contributed by atoms with E-state index in [-0.39, 0.29) is 5.76 Å². The number of hydrogen-bond donors (Lipinski definition) is 1. The normalized spacial score (nSPS) is 10.5. The minimum atomic E-state index is -0.879. The molecule has 0 fully saturated rings. The Balaban J connectivity index is 0.000000414. The molecule has 2 aromatic rings. The van der Waals surface area contributed by atoms with Gasteiger partial charge < -0.3 is 14.6 Å². The average molecular weight is 413 g/mol. The van der Waals surface area contributed by atoms with Crippen LogP contribution < -0.4 is 0 Å². The zero-order valence-corrected chi connectivity index (χ0v) is 17.9. The lowest BCUT2D eigenvalue weighted by atomic mass is 10.1. The highest BCUT2D eigenvalue weighted by atomic mass is 16.6. The van der Waals surface area contributed by atoms with E-state index in [1.165, 1.54) is 32.8 Å². The molecule has 5 nitrogen and oxygen atoms in total. The van der Waals surface area contributed by atoms with Crippen LogP contribution in [-0.4, -0.2) is 30.8 Å². The maximum atomic E-state index is 11.9. The van der Waals surface area contributed by atoms with Crippen LogP contribution >= 0.6 is 0 Å². The molecular weight excluding hydrogens is 380 g/mol. The van der Waals surface area contributed by atoms with E-state index in [0.717, 1.165) is 18.4 Å². The minimum absolute atomic E-state index is 0.243. The van der Waals surface area contributed by atoms with Crippen molar-refractivity contribution in [1.82, 2.24) is 0 Å². The van der Waals surface area contributed by atoms with Crippen LogP contribution in [0.15, 0.2) is 66.4 Å². The Labute approximate surface area is 179 Å². The fourth-order valence-electron chi connectivity index (χ4n) is 2.60. The predicted octanol–water partition coefficient (Wildman–Crippen LogP) is 5.96. The lowest BCUT2D eigenvalue weighted by Gasteiger charge is -2.07. The van der Waals surface area contributed by atoms with Gasteiger partial charge in [-0.25, -0.2) is 9.59 Å². The Kier molecular flexibility index (Phi) is 13.1. The maximum absolute atomic E-state index is 11.9. The number of hydrogen-bond acceptors (Lipinski definition) is 4. The molecule has 0 radical (unpaired) electrons. The summed E-state index contributed by atoms with van der Waals surface area (Å²) in [6, 6.07) is 17.9. The number of ether oxygens (including phenoxy) is 2. The van der Waals surface area contributed by atoms with Gasteiger partial charge in [0.05, 0.1) is 19.3 Å². The molecule has 0 heterocycles. The largest absolute Gasteiger partial charge is 0.490 e. The lowest BCUT2D eigenvalue weighted by molar-refractivity contribution is -0.142. The third-order valence-electron chi connectivity index (χ3n) is 4.27. The second kappa shape index (κ2) is 15.8. The second-order valence-corrected chi connectivity index (χ2v) is 6.70. The van der Waals surface area contributed by atoms with Gasteiger partial charge in [-0.3, -0.25) is 0 Å². The van der Waals surface area contributed by atoms with Crippen LogP contribution in [0.1, 0.15) is 61.4 Å². The van der Waals surface area contributed by atoms with Crippen LogP contribution in [0, 0.1) is 0 Å². The minimum Gasteiger partial charge on any atom is -0.490 e. The third kappa shape index (κ3) is 11.1. The summed E-state index contributed by atoms with van der Waals surface area (Å²) < 4.78 is 10.4. The van der Waals surface area contributed by atoms with Crippen molar-refractivity contribution in [2.24, 2.45) is 0 Å². The third-order valence-corrected chi connectivity index (χ3v) is 4.27. The van der Waals surface area contributed by atoms with Crippen LogP contribution in [0.2, 0.25) is 0 Å². The average Bonchev–Trinajstić information content (AvgIpc) is 2.78. The summed E-state index contributed by atoms with van der Waals surface area (Å²) in [5.74, 6) is -1.03. The van der Waals surface area contributed by atoms with Crippen molar-refractivity contribution in [1.29, 1.82) is 0 Å². The summed E-state index contributed by atoms with van der Waals surface area (Å²) >= 11 is 0. The molecule has 0 atom stereocenters. The molecule has 0 aliphatic carbocycles. The first kappa shape index (κ1) is 25.0. The number of aromatic carboxylic acids is 1. The van der Waals surface area contributed by atoms with E-state index in [2.05, 4.69) is 6.92 Å². The van der Waals surface area contributed by atoms with Gasteiger partial charge >= 0.3 is 11.9 Å². The van der Waals surface area contributed by atoms with Crippen molar-refractivity contribution in [2.45, 2.75) is 45.4 Å². The van der Waals surface area contributed by atoms with Crippen molar-refractivity contribution < 1.29 is 24.2 Å². The van der Waals surface area contributed by atoms with E-state index >= 15 is 0 Å². The number of methoxy groups -OCH3 is 1. The Morgan fingerprint density at radius 1 is 0.867 bits per heavy atom. The SMILES string of the molecule is CCCCCCCCOC(=O)C(=Cc1ccccc1)OC.O=C(O)c1ccccc1. The molecule has 2 rings (SSSR count). The molecule has 0 saturated carbocycles. The number of carboxylic acid groups (broad SMARTS) is 1. The first-order valence-electron chi connectivity index (χ1n) is 10.3. The molecule has 0 aliphatic heterocycles. The van der Waals surface area contributed by atoms with Gasteiger partial charge in [-0.05, 0) is 30.2 Å². The fraction of sp³-hybridized carbons (Fsp3) is 0.360. The van der Waals surface area contributed by atoms with Crippen molar-refractivity contribution in [3.63, 3.8) is 0 Å². The Morgan fingerprint density at radius 3 is 1.97 bits per heavy atom. The quantitative estimate of drug-likeness (QED) is 0.213. The van der Waals surface area contributed by atoms with E-state index in [1.54, 1.807) is 36.4 Å². The number of carboxylic acids is 1. The number of rotatable bonds is 11. The second-order valence-electron chi connectivity index (χ2n) is 6.70. The number of benzene rings is 2. The molecule has 0 unspecified atom stereocenters. The smallest absolute Gasteiger partial charge is 0.373 e. The topological polar surface area (TPSA) is 72.8 Å². The zero-order chi connectivity index (χ0) is 22.0. The molecule has 2 aromatic carbocycles. The first-order valence-corrected chi connectivity index (χ1v) is 10.3. The molecular formula is C25H32O5. The van der Waals surface area contributed by atoms with Gasteiger partial charge in [0, 0.05) is 0 Å². The number of esters is 1. The van der Waals surface area contributed by atoms with Gasteiger partial charge in [0.25, 0.3) is 0 Å². The van der Waals surface area contributed by atoms with Gasteiger partial charge in [-0.1, -0.05) is 87.6 Å². The Bertz CT molecular complexity index is 754. The monoisotopic (exact) mass is 412 g/mol. The summed E-state index contributed by atoms with van der Waals surface area (Å²) in [6.45, 7) is 2.66. The maximum Gasteiger partial charge on any atom is 0.373 e. The first-order chi connectivity index (χ1) is 14.6. The van der Waals surface area contributed by atoms with Gasteiger partial charge in [0.1, 0.15) is 0 Å². The van der Waals surface area contributed by atoms with Crippen molar-refractivity contribution in [3.8, 4) is 0 Å². The van der Waals surface area contributed by atoms with E-state index in [4.69, 9.17) is 14.6 Å². The van der Waals surface area contributed by atoms with Crippen LogP contribution in [-0.2, 0) is 14.3 Å². The molecule has 0 amide bonds. The number of carbonyl (C=O) groups excluding carboxylic acids is 1. The molecule has 0 aliphatic rings. The van der Waals surface area contributed by atoms with Crippen LogP contribution in [0.25, 0.3) is 6.08 Å². The van der Waals surface area contributed by atoms with E-state index in [0.29, 0.717) is 12.2 Å². The van der Waals surface area contributed by atoms with Crippen LogP contribution in [0.3, 0.4) is 0 Å². The summed E-state index contributed by atoms with van der Waals surface area (Å²) in [7, 11) is 1.49. The highest BCUT2D eigenvalue weighted by Gasteiger charge is 2.11. The lowest BCUT2D eigenvalue weighted by Crippen LogP contribution is -2.10. The van der Waals surface area contributed by atoms with E-state index in [1.807, 2.05) is 30.3 Å². The van der Waals surface area contributed by atoms with Crippen LogP contribution in [0.4, 0.5) is 0 Å². The number of unbranched alkanes of at least 4 members (excludes halogenated alkanes) is 5. The van der Waals surface area contributed by atoms with Crippen LogP contribution in [0.5, 0.6) is 0 Å². The molecule has 1 N–H and O–H groups in total. The molecule has 5 heteroatoms. The van der Waals surface area contributed by atoms with Gasteiger partial charge in [-0.2, -0.15) is 0 Å². The molecule has 30 heavy (non-hydrogen) atoms. The summed E-state index contributed by atoms with van der Waals surface area (Å²) in [5.41, 5.74) is 1.25. The molecule has 0 aromatic heterocycles. The van der Waals surface area contributed by atoms with Gasteiger partial charge in [-0.15, -0.1) is 0 Å².